The van der Waals surface area contributed by atoms with Crippen LogP contribution in [0.4, 0.5) is 0 Å². The molecule has 1 aliphatic carbocycles. The van der Waals surface area contributed by atoms with Crippen molar-refractivity contribution < 1.29 is 13.2 Å². The average molecular weight is 321 g/mol. The number of hydrogen-bond donors (Lipinski definition) is 0. The summed E-state index contributed by atoms with van der Waals surface area (Å²) < 4.78 is 30.6. The van der Waals surface area contributed by atoms with E-state index in [0.29, 0.717) is 5.69 Å². The van der Waals surface area contributed by atoms with Crippen molar-refractivity contribution in [2.24, 2.45) is 0 Å². The minimum absolute atomic E-state index is 0.0671. The number of ether oxygens (including phenoxy) is 1. The SMILES string of the molecule is CC[C@@H](C)OCc1nn(C2CCCC2)cc1S(=O)(=O)Cl. The molecule has 1 aliphatic rings. The monoisotopic (exact) mass is 320 g/mol. The van der Waals surface area contributed by atoms with E-state index < -0.39 is 9.05 Å². The Balaban J connectivity index is 2.23. The van der Waals surface area contributed by atoms with E-state index in [-0.39, 0.29) is 23.6 Å². The second-order valence-corrected chi connectivity index (χ2v) is 7.86. The molecule has 5 nitrogen and oxygen atoms in total. The molecule has 1 heterocycles. The molecule has 0 amide bonds. The summed E-state index contributed by atoms with van der Waals surface area (Å²) >= 11 is 0. The summed E-state index contributed by atoms with van der Waals surface area (Å²) in [6, 6.07) is 0.282. The maximum Gasteiger partial charge on any atom is 0.264 e. The van der Waals surface area contributed by atoms with Gasteiger partial charge < -0.3 is 4.74 Å². The standard InChI is InChI=1S/C13H21ClN2O3S/c1-3-10(2)19-9-12-13(20(14,17)18)8-16(15-12)11-6-4-5-7-11/h8,10-11H,3-7,9H2,1-2H3/t10-/m1/s1. The smallest absolute Gasteiger partial charge is 0.264 e. The maximum atomic E-state index is 11.7. The van der Waals surface area contributed by atoms with Crippen LogP contribution in [0.25, 0.3) is 0 Å². The molecule has 0 N–H and O–H groups in total. The predicted octanol–water partition coefficient (Wildman–Crippen LogP) is 3.24. The Morgan fingerprint density at radius 2 is 2.15 bits per heavy atom. The largest absolute Gasteiger partial charge is 0.372 e. The topological polar surface area (TPSA) is 61.2 Å². The lowest BCUT2D eigenvalue weighted by Crippen LogP contribution is -2.09. The summed E-state index contributed by atoms with van der Waals surface area (Å²) in [5.74, 6) is 0. The summed E-state index contributed by atoms with van der Waals surface area (Å²) in [4.78, 5) is 0.0781. The zero-order valence-corrected chi connectivity index (χ0v) is 13.5. The Bertz CT molecular complexity index is 550. The third-order valence-corrected chi connectivity index (χ3v) is 5.18. The number of halogens is 1. The van der Waals surface area contributed by atoms with Crippen LogP contribution in [0.3, 0.4) is 0 Å². The van der Waals surface area contributed by atoms with Crippen molar-refractivity contribution in [3.63, 3.8) is 0 Å². The highest BCUT2D eigenvalue weighted by molar-refractivity contribution is 8.13. The molecular weight excluding hydrogens is 300 g/mol. The molecule has 7 heteroatoms. The van der Waals surface area contributed by atoms with Gasteiger partial charge in [0.25, 0.3) is 9.05 Å². The molecule has 1 fully saturated rings. The van der Waals surface area contributed by atoms with Crippen LogP contribution in [-0.4, -0.2) is 24.3 Å². The first kappa shape index (κ1) is 15.8. The molecule has 1 aromatic heterocycles. The van der Waals surface area contributed by atoms with Gasteiger partial charge in [-0.2, -0.15) is 5.10 Å². The van der Waals surface area contributed by atoms with E-state index >= 15 is 0 Å². The molecule has 1 atom stereocenters. The molecule has 0 unspecified atom stereocenters. The van der Waals surface area contributed by atoms with Gasteiger partial charge in [-0.15, -0.1) is 0 Å². The molecule has 0 radical (unpaired) electrons. The van der Waals surface area contributed by atoms with Crippen molar-refractivity contribution in [2.75, 3.05) is 0 Å². The van der Waals surface area contributed by atoms with Gasteiger partial charge >= 0.3 is 0 Å². The van der Waals surface area contributed by atoms with Crippen LogP contribution in [0.5, 0.6) is 0 Å². The molecule has 20 heavy (non-hydrogen) atoms. The van der Waals surface area contributed by atoms with Crippen LogP contribution in [0.2, 0.25) is 0 Å². The molecule has 1 aromatic rings. The van der Waals surface area contributed by atoms with E-state index in [9.17, 15) is 8.42 Å². The van der Waals surface area contributed by atoms with Crippen molar-refractivity contribution >= 4 is 19.7 Å². The molecule has 114 valence electrons. The fraction of sp³-hybridized carbons (Fsp3) is 0.769. The normalized spacial score (nSPS) is 18.6. The average Bonchev–Trinajstić information content (AvgIpc) is 3.03. The van der Waals surface area contributed by atoms with Crippen molar-refractivity contribution in [1.29, 1.82) is 0 Å². The van der Waals surface area contributed by atoms with Crippen LogP contribution in [-0.2, 0) is 20.4 Å². The molecule has 0 aromatic carbocycles. The second-order valence-electron chi connectivity index (χ2n) is 5.33. The fourth-order valence-electron chi connectivity index (χ4n) is 2.41. The van der Waals surface area contributed by atoms with Crippen LogP contribution in [0.15, 0.2) is 11.1 Å². The Hall–Kier alpha value is -0.590. The maximum absolute atomic E-state index is 11.7. The Morgan fingerprint density at radius 3 is 2.70 bits per heavy atom. The van der Waals surface area contributed by atoms with Crippen LogP contribution < -0.4 is 0 Å². The minimum atomic E-state index is -3.79. The third-order valence-electron chi connectivity index (χ3n) is 3.81. The molecule has 0 bridgehead atoms. The van der Waals surface area contributed by atoms with Gasteiger partial charge in [-0.05, 0) is 26.2 Å². The molecule has 2 rings (SSSR count). The number of hydrogen-bond acceptors (Lipinski definition) is 4. The van der Waals surface area contributed by atoms with E-state index in [2.05, 4.69) is 5.10 Å². The Kier molecular flexibility index (Phi) is 5.09. The van der Waals surface area contributed by atoms with E-state index in [0.717, 1.165) is 32.1 Å². The molecule has 0 spiro atoms. The highest BCUT2D eigenvalue weighted by Crippen LogP contribution is 2.31. The van der Waals surface area contributed by atoms with Crippen molar-refractivity contribution in [1.82, 2.24) is 9.78 Å². The molecular formula is C13H21ClN2O3S. The summed E-state index contributed by atoms with van der Waals surface area (Å²) in [6.45, 7) is 4.14. The second kappa shape index (κ2) is 6.45. The van der Waals surface area contributed by atoms with Gasteiger partial charge in [0.05, 0.1) is 18.8 Å². The van der Waals surface area contributed by atoms with Gasteiger partial charge in [0, 0.05) is 16.9 Å². The number of nitrogens with zero attached hydrogens (tertiary/aromatic N) is 2. The van der Waals surface area contributed by atoms with Gasteiger partial charge in [-0.25, -0.2) is 8.42 Å². The van der Waals surface area contributed by atoms with E-state index in [1.54, 1.807) is 10.9 Å². The molecule has 0 saturated heterocycles. The first-order chi connectivity index (χ1) is 9.41. The van der Waals surface area contributed by atoms with E-state index in [1.807, 2.05) is 13.8 Å². The lowest BCUT2D eigenvalue weighted by atomic mass is 10.3. The van der Waals surface area contributed by atoms with Crippen LogP contribution in [0.1, 0.15) is 57.7 Å². The zero-order valence-electron chi connectivity index (χ0n) is 11.9. The van der Waals surface area contributed by atoms with Gasteiger partial charge in [0.1, 0.15) is 10.6 Å². The highest BCUT2D eigenvalue weighted by atomic mass is 35.7. The molecule has 1 saturated carbocycles. The molecule has 0 aliphatic heterocycles. The first-order valence-corrected chi connectivity index (χ1v) is 9.37. The Morgan fingerprint density at radius 1 is 1.50 bits per heavy atom. The summed E-state index contributed by atoms with van der Waals surface area (Å²) in [7, 11) is 1.71. The van der Waals surface area contributed by atoms with Gasteiger partial charge in [-0.1, -0.05) is 19.8 Å². The first-order valence-electron chi connectivity index (χ1n) is 7.06. The van der Waals surface area contributed by atoms with E-state index in [4.69, 9.17) is 15.4 Å². The van der Waals surface area contributed by atoms with Gasteiger partial charge in [0.15, 0.2) is 0 Å². The highest BCUT2D eigenvalue weighted by Gasteiger charge is 2.25. The number of rotatable bonds is 6. The zero-order chi connectivity index (χ0) is 14.8. The third kappa shape index (κ3) is 3.74. The van der Waals surface area contributed by atoms with Crippen molar-refractivity contribution in [2.45, 2.75) is 69.6 Å². The quantitative estimate of drug-likeness (QED) is 0.755. The van der Waals surface area contributed by atoms with Crippen molar-refractivity contribution in [3.8, 4) is 0 Å². The van der Waals surface area contributed by atoms with E-state index in [1.165, 1.54) is 0 Å². The summed E-state index contributed by atoms with van der Waals surface area (Å²) in [5, 5.41) is 4.39. The summed E-state index contributed by atoms with van der Waals surface area (Å²) in [5.41, 5.74) is 0.409. The fourth-order valence-corrected chi connectivity index (χ4v) is 3.41. The predicted molar refractivity (Wildman–Crippen MR) is 77.3 cm³/mol. The van der Waals surface area contributed by atoms with Crippen LogP contribution in [0, 0.1) is 0 Å². The lowest BCUT2D eigenvalue weighted by Gasteiger charge is -2.10. The Labute approximate surface area is 124 Å². The summed E-state index contributed by atoms with van der Waals surface area (Å²) in [6.07, 6.45) is 6.88. The van der Waals surface area contributed by atoms with Crippen molar-refractivity contribution in [3.05, 3.63) is 11.9 Å². The minimum Gasteiger partial charge on any atom is -0.372 e. The number of aromatic nitrogens is 2. The lowest BCUT2D eigenvalue weighted by molar-refractivity contribution is 0.0473. The van der Waals surface area contributed by atoms with Gasteiger partial charge in [0.2, 0.25) is 0 Å². The van der Waals surface area contributed by atoms with Gasteiger partial charge in [-0.3, -0.25) is 4.68 Å². The van der Waals surface area contributed by atoms with Crippen LogP contribution >= 0.6 is 10.7 Å².